The van der Waals surface area contributed by atoms with Gasteiger partial charge in [-0.25, -0.2) is 0 Å². The topological polar surface area (TPSA) is 53.7 Å². The summed E-state index contributed by atoms with van der Waals surface area (Å²) in [5.41, 5.74) is 6.31. The van der Waals surface area contributed by atoms with E-state index in [4.69, 9.17) is 19.9 Å². The summed E-state index contributed by atoms with van der Waals surface area (Å²) in [6.45, 7) is 0.251. The number of nitrogen functional groups attached to an aromatic ring is 1. The van der Waals surface area contributed by atoms with Gasteiger partial charge in [-0.05, 0) is 30.3 Å². The molecule has 2 N–H and O–H groups in total. The van der Waals surface area contributed by atoms with Crippen molar-refractivity contribution in [2.45, 2.75) is 4.90 Å². The predicted octanol–water partition coefficient (Wildman–Crippen LogP) is 3.08. The van der Waals surface area contributed by atoms with Gasteiger partial charge in [-0.1, -0.05) is 0 Å². The van der Waals surface area contributed by atoms with Crippen molar-refractivity contribution in [2.24, 2.45) is 0 Å². The summed E-state index contributed by atoms with van der Waals surface area (Å²) in [7, 11) is 0. The molecule has 0 unspecified atom stereocenters. The Kier molecular flexibility index (Phi) is 2.68. The normalized spacial score (nSPS) is 12.5. The standard InChI is InChI=1S/C13H11NO3S/c14-10-3-1-9(6-13(10)18)17-8-2-4-11-12(5-8)16-7-15-11/h1-6,18H,7,14H2. The highest BCUT2D eigenvalue weighted by Crippen LogP contribution is 2.37. The number of ether oxygens (including phenoxy) is 3. The second-order valence-electron chi connectivity index (χ2n) is 3.84. The third-order valence-electron chi connectivity index (χ3n) is 2.58. The van der Waals surface area contributed by atoms with E-state index < -0.39 is 0 Å². The number of hydrogen-bond donors (Lipinski definition) is 2. The number of thiol groups is 1. The van der Waals surface area contributed by atoms with E-state index in [1.807, 2.05) is 12.1 Å². The molecule has 0 aliphatic carbocycles. The Morgan fingerprint density at radius 3 is 2.56 bits per heavy atom. The van der Waals surface area contributed by atoms with Gasteiger partial charge in [-0.3, -0.25) is 0 Å². The maximum Gasteiger partial charge on any atom is 0.231 e. The van der Waals surface area contributed by atoms with Crippen molar-refractivity contribution in [3.8, 4) is 23.0 Å². The van der Waals surface area contributed by atoms with E-state index in [0.717, 1.165) is 5.75 Å². The minimum atomic E-state index is 0.251. The molecule has 5 heteroatoms. The minimum absolute atomic E-state index is 0.251. The first kappa shape index (κ1) is 11.1. The van der Waals surface area contributed by atoms with Gasteiger partial charge in [0.15, 0.2) is 11.5 Å². The molecule has 18 heavy (non-hydrogen) atoms. The first-order valence-corrected chi connectivity index (χ1v) is 5.83. The van der Waals surface area contributed by atoms with Crippen molar-refractivity contribution in [3.63, 3.8) is 0 Å². The van der Waals surface area contributed by atoms with Crippen LogP contribution in [0.4, 0.5) is 5.69 Å². The van der Waals surface area contributed by atoms with Crippen molar-refractivity contribution in [3.05, 3.63) is 36.4 Å². The predicted molar refractivity (Wildman–Crippen MR) is 70.7 cm³/mol. The van der Waals surface area contributed by atoms with Crippen LogP contribution in [0.1, 0.15) is 0 Å². The van der Waals surface area contributed by atoms with Gasteiger partial charge >= 0.3 is 0 Å². The molecule has 1 aliphatic rings. The zero-order valence-corrected chi connectivity index (χ0v) is 10.3. The van der Waals surface area contributed by atoms with E-state index in [9.17, 15) is 0 Å². The first-order chi connectivity index (χ1) is 8.72. The molecule has 0 atom stereocenters. The average molecular weight is 261 g/mol. The van der Waals surface area contributed by atoms with Crippen LogP contribution in [0.5, 0.6) is 23.0 Å². The second-order valence-corrected chi connectivity index (χ2v) is 4.32. The van der Waals surface area contributed by atoms with E-state index in [1.54, 1.807) is 24.3 Å². The fraction of sp³-hybridized carbons (Fsp3) is 0.0769. The highest BCUT2D eigenvalue weighted by Gasteiger charge is 2.14. The Morgan fingerprint density at radius 2 is 1.72 bits per heavy atom. The Morgan fingerprint density at radius 1 is 1.00 bits per heavy atom. The molecule has 0 saturated carbocycles. The van der Waals surface area contributed by atoms with Crippen LogP contribution in [-0.2, 0) is 0 Å². The van der Waals surface area contributed by atoms with Gasteiger partial charge in [0.1, 0.15) is 11.5 Å². The molecule has 0 amide bonds. The van der Waals surface area contributed by atoms with E-state index >= 15 is 0 Å². The Hall–Kier alpha value is -2.01. The quantitative estimate of drug-likeness (QED) is 0.644. The molecule has 0 radical (unpaired) electrons. The lowest BCUT2D eigenvalue weighted by molar-refractivity contribution is 0.174. The maximum atomic E-state index is 5.70. The number of hydrogen-bond acceptors (Lipinski definition) is 5. The third-order valence-corrected chi connectivity index (χ3v) is 2.97. The lowest BCUT2D eigenvalue weighted by Gasteiger charge is -2.08. The van der Waals surface area contributed by atoms with Gasteiger partial charge in [0, 0.05) is 16.6 Å². The molecule has 0 bridgehead atoms. The molecule has 0 aromatic heterocycles. The largest absolute Gasteiger partial charge is 0.457 e. The Balaban J connectivity index is 1.85. The van der Waals surface area contributed by atoms with Crippen molar-refractivity contribution in [2.75, 3.05) is 12.5 Å². The molecule has 4 nitrogen and oxygen atoms in total. The van der Waals surface area contributed by atoms with Crippen LogP contribution in [0.15, 0.2) is 41.3 Å². The summed E-state index contributed by atoms with van der Waals surface area (Å²) in [5, 5.41) is 0. The zero-order valence-electron chi connectivity index (χ0n) is 9.42. The van der Waals surface area contributed by atoms with Crippen molar-refractivity contribution in [1.29, 1.82) is 0 Å². The van der Waals surface area contributed by atoms with Gasteiger partial charge < -0.3 is 19.9 Å². The SMILES string of the molecule is Nc1ccc(Oc2ccc3c(c2)OCO3)cc1S. The van der Waals surface area contributed by atoms with Crippen molar-refractivity contribution >= 4 is 18.3 Å². The van der Waals surface area contributed by atoms with Gasteiger partial charge in [-0.2, -0.15) is 0 Å². The number of fused-ring (bicyclic) bond motifs is 1. The molecule has 2 aromatic carbocycles. The van der Waals surface area contributed by atoms with Crippen LogP contribution in [0, 0.1) is 0 Å². The van der Waals surface area contributed by atoms with Crippen LogP contribution in [0.2, 0.25) is 0 Å². The monoisotopic (exact) mass is 261 g/mol. The summed E-state index contributed by atoms with van der Waals surface area (Å²) in [5.74, 6) is 2.77. The average Bonchev–Trinajstić information content (AvgIpc) is 2.81. The van der Waals surface area contributed by atoms with Crippen LogP contribution in [0.3, 0.4) is 0 Å². The van der Waals surface area contributed by atoms with Crippen molar-refractivity contribution < 1.29 is 14.2 Å². The molecule has 1 heterocycles. The molecule has 0 fully saturated rings. The highest BCUT2D eigenvalue weighted by atomic mass is 32.1. The van der Waals surface area contributed by atoms with Gasteiger partial charge in [0.2, 0.25) is 6.79 Å². The maximum absolute atomic E-state index is 5.70. The number of rotatable bonds is 2. The fourth-order valence-electron chi connectivity index (χ4n) is 1.66. The van der Waals surface area contributed by atoms with Crippen LogP contribution >= 0.6 is 12.6 Å². The van der Waals surface area contributed by atoms with E-state index in [2.05, 4.69) is 12.6 Å². The van der Waals surface area contributed by atoms with E-state index in [-0.39, 0.29) is 6.79 Å². The summed E-state index contributed by atoms with van der Waals surface area (Å²) in [4.78, 5) is 0.688. The first-order valence-electron chi connectivity index (χ1n) is 5.38. The third kappa shape index (κ3) is 2.04. The van der Waals surface area contributed by atoms with E-state index in [0.29, 0.717) is 27.8 Å². The van der Waals surface area contributed by atoms with Gasteiger partial charge in [0.05, 0.1) is 0 Å². The van der Waals surface area contributed by atoms with E-state index in [1.165, 1.54) is 0 Å². The fourth-order valence-corrected chi connectivity index (χ4v) is 1.87. The van der Waals surface area contributed by atoms with Gasteiger partial charge in [-0.15, -0.1) is 12.6 Å². The molecule has 3 rings (SSSR count). The molecule has 0 saturated heterocycles. The summed E-state index contributed by atoms with van der Waals surface area (Å²) in [6, 6.07) is 10.7. The molecular weight excluding hydrogens is 250 g/mol. The summed E-state index contributed by atoms with van der Waals surface area (Å²) in [6.07, 6.45) is 0. The smallest absolute Gasteiger partial charge is 0.231 e. The number of anilines is 1. The summed E-state index contributed by atoms with van der Waals surface area (Å²) < 4.78 is 16.2. The van der Waals surface area contributed by atoms with Crippen LogP contribution < -0.4 is 19.9 Å². The molecule has 1 aliphatic heterocycles. The Labute approximate surface area is 110 Å². The lowest BCUT2D eigenvalue weighted by Crippen LogP contribution is -1.92. The summed E-state index contributed by atoms with van der Waals surface area (Å²) >= 11 is 4.25. The molecule has 92 valence electrons. The van der Waals surface area contributed by atoms with Crippen molar-refractivity contribution in [1.82, 2.24) is 0 Å². The lowest BCUT2D eigenvalue weighted by atomic mass is 10.3. The molecule has 0 spiro atoms. The zero-order chi connectivity index (χ0) is 12.5. The highest BCUT2D eigenvalue weighted by molar-refractivity contribution is 7.80. The Bertz CT molecular complexity index is 601. The minimum Gasteiger partial charge on any atom is -0.457 e. The number of benzene rings is 2. The second kappa shape index (κ2) is 4.34. The number of nitrogens with two attached hydrogens (primary N) is 1. The van der Waals surface area contributed by atoms with Crippen LogP contribution in [0.25, 0.3) is 0 Å². The van der Waals surface area contributed by atoms with Gasteiger partial charge in [0.25, 0.3) is 0 Å². The molecular formula is C13H11NO3S. The molecule has 2 aromatic rings. The van der Waals surface area contributed by atoms with Crippen LogP contribution in [-0.4, -0.2) is 6.79 Å².